The van der Waals surface area contributed by atoms with E-state index in [1.165, 1.54) is 0 Å². The third-order valence-electron chi connectivity index (χ3n) is 3.42. The SMILES string of the molecule is NC(=O)C1CCCN1CC(O)c1ccc(N)cc1. The van der Waals surface area contributed by atoms with Crippen molar-refractivity contribution < 1.29 is 9.90 Å². The van der Waals surface area contributed by atoms with Gasteiger partial charge in [-0.3, -0.25) is 9.69 Å². The summed E-state index contributed by atoms with van der Waals surface area (Å²) in [5.74, 6) is -0.308. The van der Waals surface area contributed by atoms with Gasteiger partial charge in [0.1, 0.15) is 0 Å². The van der Waals surface area contributed by atoms with E-state index in [1.807, 2.05) is 4.90 Å². The zero-order valence-electron chi connectivity index (χ0n) is 10.2. The number of nitrogen functional groups attached to an aromatic ring is 1. The summed E-state index contributed by atoms with van der Waals surface area (Å²) < 4.78 is 0. The maximum absolute atomic E-state index is 11.3. The zero-order chi connectivity index (χ0) is 13.1. The number of amides is 1. The Bertz CT molecular complexity index is 419. The van der Waals surface area contributed by atoms with Crippen LogP contribution in [0.1, 0.15) is 24.5 Å². The van der Waals surface area contributed by atoms with E-state index in [0.717, 1.165) is 24.9 Å². The normalized spacial score (nSPS) is 21.9. The summed E-state index contributed by atoms with van der Waals surface area (Å²) in [5.41, 5.74) is 12.4. The van der Waals surface area contributed by atoms with Crippen molar-refractivity contribution >= 4 is 11.6 Å². The van der Waals surface area contributed by atoms with E-state index in [1.54, 1.807) is 24.3 Å². The number of benzene rings is 1. The van der Waals surface area contributed by atoms with Gasteiger partial charge in [-0.1, -0.05) is 12.1 Å². The summed E-state index contributed by atoms with van der Waals surface area (Å²) in [6.07, 6.45) is 1.11. The minimum absolute atomic E-state index is 0.242. The predicted octanol–water partition coefficient (Wildman–Crippen LogP) is 0.252. The molecule has 1 aromatic carbocycles. The number of β-amino-alcohol motifs (C(OH)–C–C–N with tert-alkyl or cyclic N) is 1. The van der Waals surface area contributed by atoms with E-state index in [2.05, 4.69) is 0 Å². The highest BCUT2D eigenvalue weighted by Crippen LogP contribution is 2.22. The van der Waals surface area contributed by atoms with Crippen molar-refractivity contribution in [2.75, 3.05) is 18.8 Å². The molecular weight excluding hydrogens is 230 g/mol. The Morgan fingerprint density at radius 2 is 2.11 bits per heavy atom. The van der Waals surface area contributed by atoms with Gasteiger partial charge in [0, 0.05) is 12.2 Å². The standard InChI is InChI=1S/C13H19N3O2/c14-10-5-3-9(4-6-10)12(17)8-16-7-1-2-11(16)13(15)18/h3-6,11-12,17H,1-2,7-8,14H2,(H2,15,18). The molecule has 18 heavy (non-hydrogen) atoms. The van der Waals surface area contributed by atoms with Crippen molar-refractivity contribution in [3.05, 3.63) is 29.8 Å². The first-order valence-electron chi connectivity index (χ1n) is 6.15. The van der Waals surface area contributed by atoms with Gasteiger partial charge < -0.3 is 16.6 Å². The molecule has 1 aromatic rings. The molecule has 1 aliphatic heterocycles. The summed E-state index contributed by atoms with van der Waals surface area (Å²) in [6, 6.07) is 6.88. The molecule has 2 rings (SSSR count). The Morgan fingerprint density at radius 1 is 1.44 bits per heavy atom. The fourth-order valence-corrected chi connectivity index (χ4v) is 2.41. The monoisotopic (exact) mass is 249 g/mol. The molecule has 98 valence electrons. The second kappa shape index (κ2) is 5.37. The lowest BCUT2D eigenvalue weighted by Crippen LogP contribution is -2.42. The van der Waals surface area contributed by atoms with Gasteiger partial charge in [0.2, 0.25) is 5.91 Å². The van der Waals surface area contributed by atoms with Crippen LogP contribution in [0.5, 0.6) is 0 Å². The molecule has 5 nitrogen and oxygen atoms in total. The van der Waals surface area contributed by atoms with Gasteiger partial charge in [-0.15, -0.1) is 0 Å². The van der Waals surface area contributed by atoms with Crippen LogP contribution in [0.25, 0.3) is 0 Å². The fraction of sp³-hybridized carbons (Fsp3) is 0.462. The molecule has 2 unspecified atom stereocenters. The molecule has 5 N–H and O–H groups in total. The third kappa shape index (κ3) is 2.80. The van der Waals surface area contributed by atoms with Gasteiger partial charge in [0.05, 0.1) is 12.1 Å². The van der Waals surface area contributed by atoms with Crippen molar-refractivity contribution in [2.24, 2.45) is 5.73 Å². The summed E-state index contributed by atoms with van der Waals surface area (Å²) >= 11 is 0. The number of rotatable bonds is 4. The average molecular weight is 249 g/mol. The number of hydrogen-bond donors (Lipinski definition) is 3. The number of carbonyl (C=O) groups is 1. The number of aliphatic hydroxyl groups excluding tert-OH is 1. The summed E-state index contributed by atoms with van der Waals surface area (Å²) in [7, 11) is 0. The molecule has 1 fully saturated rings. The van der Waals surface area contributed by atoms with Crippen LogP contribution in [0.4, 0.5) is 5.69 Å². The molecule has 2 atom stereocenters. The highest BCUT2D eigenvalue weighted by atomic mass is 16.3. The third-order valence-corrected chi connectivity index (χ3v) is 3.42. The molecule has 5 heteroatoms. The number of anilines is 1. The van der Waals surface area contributed by atoms with E-state index < -0.39 is 6.10 Å². The predicted molar refractivity (Wildman–Crippen MR) is 69.6 cm³/mol. The van der Waals surface area contributed by atoms with Gasteiger partial charge in [0.25, 0.3) is 0 Å². The smallest absolute Gasteiger partial charge is 0.234 e. The first-order valence-corrected chi connectivity index (χ1v) is 6.15. The molecule has 0 aromatic heterocycles. The maximum Gasteiger partial charge on any atom is 0.234 e. The molecule has 1 heterocycles. The summed E-state index contributed by atoms with van der Waals surface area (Å²) in [6.45, 7) is 1.23. The number of primary amides is 1. The molecular formula is C13H19N3O2. The van der Waals surface area contributed by atoms with Gasteiger partial charge in [-0.05, 0) is 37.1 Å². The Labute approximate surface area is 106 Å². The van der Waals surface area contributed by atoms with E-state index in [9.17, 15) is 9.90 Å². The average Bonchev–Trinajstić information content (AvgIpc) is 2.78. The topological polar surface area (TPSA) is 92.6 Å². The molecule has 0 radical (unpaired) electrons. The number of carbonyl (C=O) groups excluding carboxylic acids is 1. The fourth-order valence-electron chi connectivity index (χ4n) is 2.41. The number of aliphatic hydroxyl groups is 1. The van der Waals surface area contributed by atoms with Gasteiger partial charge in [0.15, 0.2) is 0 Å². The van der Waals surface area contributed by atoms with E-state index >= 15 is 0 Å². The molecule has 0 aliphatic carbocycles. The quantitative estimate of drug-likeness (QED) is 0.667. The first-order chi connectivity index (χ1) is 8.58. The van der Waals surface area contributed by atoms with Crippen LogP contribution in [0, 0.1) is 0 Å². The number of likely N-dealkylation sites (tertiary alicyclic amines) is 1. The number of hydrogen-bond acceptors (Lipinski definition) is 4. The molecule has 1 amide bonds. The van der Waals surface area contributed by atoms with Crippen LogP contribution < -0.4 is 11.5 Å². The molecule has 0 saturated carbocycles. The van der Waals surface area contributed by atoms with Gasteiger partial charge in [-0.2, -0.15) is 0 Å². The second-order valence-corrected chi connectivity index (χ2v) is 4.74. The number of nitrogens with two attached hydrogens (primary N) is 2. The van der Waals surface area contributed by atoms with Crippen molar-refractivity contribution in [1.29, 1.82) is 0 Å². The highest BCUT2D eigenvalue weighted by molar-refractivity contribution is 5.80. The van der Waals surface area contributed by atoms with Crippen LogP contribution >= 0.6 is 0 Å². The Hall–Kier alpha value is -1.59. The Morgan fingerprint density at radius 3 is 2.72 bits per heavy atom. The maximum atomic E-state index is 11.3. The Balaban J connectivity index is 2.00. The lowest BCUT2D eigenvalue weighted by molar-refractivity contribution is -0.122. The number of nitrogens with zero attached hydrogens (tertiary/aromatic N) is 1. The van der Waals surface area contributed by atoms with Crippen LogP contribution in [0.15, 0.2) is 24.3 Å². The summed E-state index contributed by atoms with van der Waals surface area (Å²) in [5, 5.41) is 10.1. The largest absolute Gasteiger partial charge is 0.399 e. The van der Waals surface area contributed by atoms with Crippen LogP contribution in [-0.2, 0) is 4.79 Å². The van der Waals surface area contributed by atoms with Crippen molar-refractivity contribution in [3.63, 3.8) is 0 Å². The Kier molecular flexibility index (Phi) is 3.84. The van der Waals surface area contributed by atoms with Crippen molar-refractivity contribution in [3.8, 4) is 0 Å². The zero-order valence-corrected chi connectivity index (χ0v) is 10.2. The van der Waals surface area contributed by atoms with Crippen LogP contribution in [-0.4, -0.2) is 35.0 Å². The second-order valence-electron chi connectivity index (χ2n) is 4.74. The van der Waals surface area contributed by atoms with E-state index in [-0.39, 0.29) is 11.9 Å². The minimum Gasteiger partial charge on any atom is -0.399 e. The molecule has 0 bridgehead atoms. The lowest BCUT2D eigenvalue weighted by atomic mass is 10.1. The summed E-state index contributed by atoms with van der Waals surface area (Å²) in [4.78, 5) is 13.2. The highest BCUT2D eigenvalue weighted by Gasteiger charge is 2.30. The lowest BCUT2D eigenvalue weighted by Gasteiger charge is -2.24. The minimum atomic E-state index is -0.620. The molecule has 0 spiro atoms. The molecule has 1 aliphatic rings. The molecule has 1 saturated heterocycles. The van der Waals surface area contributed by atoms with Crippen LogP contribution in [0.2, 0.25) is 0 Å². The van der Waals surface area contributed by atoms with Crippen molar-refractivity contribution in [2.45, 2.75) is 25.0 Å². The first kappa shape index (κ1) is 12.9. The van der Waals surface area contributed by atoms with Gasteiger partial charge in [-0.25, -0.2) is 0 Å². The van der Waals surface area contributed by atoms with E-state index in [0.29, 0.717) is 12.2 Å². The van der Waals surface area contributed by atoms with Crippen molar-refractivity contribution in [1.82, 2.24) is 4.90 Å². The van der Waals surface area contributed by atoms with Gasteiger partial charge >= 0.3 is 0 Å². The van der Waals surface area contributed by atoms with E-state index in [4.69, 9.17) is 11.5 Å². The van der Waals surface area contributed by atoms with Crippen LogP contribution in [0.3, 0.4) is 0 Å².